The van der Waals surface area contributed by atoms with Crippen molar-refractivity contribution in [1.29, 1.82) is 0 Å². The summed E-state index contributed by atoms with van der Waals surface area (Å²) >= 11 is 0. The molecule has 0 aliphatic carbocycles. The fourth-order valence-corrected chi connectivity index (χ4v) is 2.44. The molecule has 2 amide bonds. The number of hydrogen-bond acceptors (Lipinski definition) is 5. The van der Waals surface area contributed by atoms with E-state index in [-0.39, 0.29) is 26.3 Å². The minimum atomic E-state index is -1.14. The summed E-state index contributed by atoms with van der Waals surface area (Å²) in [6, 6.07) is 18.4. The lowest BCUT2D eigenvalue weighted by molar-refractivity contribution is -0.138. The lowest BCUT2D eigenvalue weighted by Gasteiger charge is -2.20. The summed E-state index contributed by atoms with van der Waals surface area (Å²) in [4.78, 5) is 36.0. The fourth-order valence-electron chi connectivity index (χ4n) is 2.44. The van der Waals surface area contributed by atoms with Gasteiger partial charge in [-0.2, -0.15) is 0 Å². The van der Waals surface area contributed by atoms with E-state index in [0.29, 0.717) is 6.42 Å². The van der Waals surface area contributed by atoms with Crippen molar-refractivity contribution in [1.82, 2.24) is 10.2 Å². The van der Waals surface area contributed by atoms with Crippen molar-refractivity contribution in [2.24, 2.45) is 0 Å². The van der Waals surface area contributed by atoms with Crippen molar-refractivity contribution >= 4 is 18.2 Å². The van der Waals surface area contributed by atoms with E-state index in [0.717, 1.165) is 16.0 Å². The van der Waals surface area contributed by atoms with Crippen molar-refractivity contribution in [2.45, 2.75) is 19.6 Å². The maximum Gasteiger partial charge on any atom is 0.410 e. The zero-order chi connectivity index (χ0) is 20.9. The number of hydrogen-bond donors (Lipinski definition) is 2. The molecule has 154 valence electrons. The molecule has 2 aromatic carbocycles. The summed E-state index contributed by atoms with van der Waals surface area (Å²) in [7, 11) is 0. The first-order chi connectivity index (χ1) is 14.0. The molecule has 0 unspecified atom stereocenters. The highest BCUT2D eigenvalue weighted by Gasteiger charge is 2.18. The van der Waals surface area contributed by atoms with Crippen LogP contribution in [0.15, 0.2) is 60.7 Å². The number of benzene rings is 2. The Bertz CT molecular complexity index is 782. The number of carboxylic acid groups (broad SMARTS) is 1. The Kier molecular flexibility index (Phi) is 9.01. The van der Waals surface area contributed by atoms with Crippen molar-refractivity contribution in [3.8, 4) is 0 Å². The second-order valence-electron chi connectivity index (χ2n) is 6.20. The van der Waals surface area contributed by atoms with Gasteiger partial charge in [0.15, 0.2) is 0 Å². The molecule has 8 heteroatoms. The quantitative estimate of drug-likeness (QED) is 0.594. The summed E-state index contributed by atoms with van der Waals surface area (Å²) in [6.45, 7) is 0.0875. The molecular formula is C21H24N2O6. The van der Waals surface area contributed by atoms with E-state index < -0.39 is 24.7 Å². The Hall–Kier alpha value is -3.55. The van der Waals surface area contributed by atoms with E-state index in [4.69, 9.17) is 14.6 Å². The standard InChI is InChI=1S/C21H24N2O6/c24-19(25)14-23(21(27)29-16-18-10-5-2-6-11-18)13-7-12-22-20(26)28-15-17-8-3-1-4-9-17/h1-6,8-11H,7,12-16H2,(H,22,26)(H,24,25). The van der Waals surface area contributed by atoms with Crippen LogP contribution < -0.4 is 5.32 Å². The summed E-state index contributed by atoms with van der Waals surface area (Å²) in [5, 5.41) is 11.6. The number of ether oxygens (including phenoxy) is 2. The predicted octanol–water partition coefficient (Wildman–Crippen LogP) is 3.03. The molecule has 0 saturated heterocycles. The second kappa shape index (κ2) is 12.0. The maximum atomic E-state index is 12.2. The minimum absolute atomic E-state index is 0.0554. The highest BCUT2D eigenvalue weighted by atomic mass is 16.6. The minimum Gasteiger partial charge on any atom is -0.480 e. The second-order valence-corrected chi connectivity index (χ2v) is 6.20. The number of nitrogens with zero attached hydrogens (tertiary/aromatic N) is 1. The number of carbonyl (C=O) groups is 3. The average Bonchev–Trinajstić information content (AvgIpc) is 2.74. The lowest BCUT2D eigenvalue weighted by atomic mass is 10.2. The number of amides is 2. The SMILES string of the molecule is O=C(O)CN(CCCNC(=O)OCc1ccccc1)C(=O)OCc1ccccc1. The molecule has 0 aliphatic rings. The van der Waals surface area contributed by atoms with Crippen LogP contribution in [-0.2, 0) is 27.5 Å². The number of alkyl carbamates (subject to hydrolysis) is 1. The first-order valence-electron chi connectivity index (χ1n) is 9.16. The molecule has 2 N–H and O–H groups in total. The molecule has 0 bridgehead atoms. The lowest BCUT2D eigenvalue weighted by Crippen LogP contribution is -2.38. The van der Waals surface area contributed by atoms with Crippen LogP contribution in [0.2, 0.25) is 0 Å². The smallest absolute Gasteiger partial charge is 0.410 e. The molecule has 0 aliphatic heterocycles. The van der Waals surface area contributed by atoms with Gasteiger partial charge in [0.1, 0.15) is 19.8 Å². The molecule has 0 spiro atoms. The van der Waals surface area contributed by atoms with Gasteiger partial charge in [-0.05, 0) is 17.5 Å². The number of carboxylic acids is 1. The molecule has 0 aromatic heterocycles. The Labute approximate surface area is 169 Å². The highest BCUT2D eigenvalue weighted by molar-refractivity contribution is 5.76. The van der Waals surface area contributed by atoms with Gasteiger partial charge in [-0.3, -0.25) is 9.69 Å². The number of rotatable bonds is 10. The van der Waals surface area contributed by atoms with E-state index >= 15 is 0 Å². The fraction of sp³-hybridized carbons (Fsp3) is 0.286. The Morgan fingerprint density at radius 2 is 1.41 bits per heavy atom. The van der Waals surface area contributed by atoms with Gasteiger partial charge in [0.05, 0.1) is 0 Å². The van der Waals surface area contributed by atoms with Crippen LogP contribution in [0.25, 0.3) is 0 Å². The topological polar surface area (TPSA) is 105 Å². The van der Waals surface area contributed by atoms with Gasteiger partial charge in [0.25, 0.3) is 0 Å². The third-order valence-corrected chi connectivity index (χ3v) is 3.88. The highest BCUT2D eigenvalue weighted by Crippen LogP contribution is 2.04. The van der Waals surface area contributed by atoms with Crippen LogP contribution in [0.1, 0.15) is 17.5 Å². The van der Waals surface area contributed by atoms with Gasteiger partial charge in [-0.15, -0.1) is 0 Å². The zero-order valence-electron chi connectivity index (χ0n) is 16.0. The van der Waals surface area contributed by atoms with Crippen LogP contribution >= 0.6 is 0 Å². The molecule has 0 heterocycles. The van der Waals surface area contributed by atoms with Crippen molar-refractivity contribution < 1.29 is 29.0 Å². The molecule has 0 radical (unpaired) electrons. The zero-order valence-corrected chi connectivity index (χ0v) is 16.0. The molecule has 0 saturated carbocycles. The van der Waals surface area contributed by atoms with Crippen LogP contribution in [0.3, 0.4) is 0 Å². The van der Waals surface area contributed by atoms with Crippen molar-refractivity contribution in [3.05, 3.63) is 71.8 Å². The van der Waals surface area contributed by atoms with E-state index in [9.17, 15) is 14.4 Å². The normalized spacial score (nSPS) is 10.1. The first kappa shape index (κ1) is 21.7. The summed E-state index contributed by atoms with van der Waals surface area (Å²) in [6.07, 6.45) is -0.943. The predicted molar refractivity (Wildman–Crippen MR) is 105 cm³/mol. The summed E-state index contributed by atoms with van der Waals surface area (Å²) < 4.78 is 10.3. The largest absolute Gasteiger partial charge is 0.480 e. The Morgan fingerprint density at radius 3 is 1.97 bits per heavy atom. The van der Waals surface area contributed by atoms with E-state index in [1.54, 1.807) is 12.1 Å². The van der Waals surface area contributed by atoms with Crippen LogP contribution in [0.4, 0.5) is 9.59 Å². The van der Waals surface area contributed by atoms with Gasteiger partial charge in [0, 0.05) is 13.1 Å². The van der Waals surface area contributed by atoms with Crippen LogP contribution in [-0.4, -0.2) is 47.8 Å². The van der Waals surface area contributed by atoms with Crippen molar-refractivity contribution in [3.63, 3.8) is 0 Å². The number of aliphatic carboxylic acids is 1. The summed E-state index contributed by atoms with van der Waals surface area (Å²) in [5.74, 6) is -1.14. The Balaban J connectivity index is 1.69. The van der Waals surface area contributed by atoms with Gasteiger partial charge in [-0.25, -0.2) is 9.59 Å². The van der Waals surface area contributed by atoms with Gasteiger partial charge >= 0.3 is 18.2 Å². The van der Waals surface area contributed by atoms with Crippen LogP contribution in [0.5, 0.6) is 0 Å². The monoisotopic (exact) mass is 400 g/mol. The third kappa shape index (κ3) is 8.79. The van der Waals surface area contributed by atoms with Gasteiger partial charge < -0.3 is 19.9 Å². The molecule has 8 nitrogen and oxygen atoms in total. The third-order valence-electron chi connectivity index (χ3n) is 3.88. The summed E-state index contributed by atoms with van der Waals surface area (Å²) in [5.41, 5.74) is 1.68. The van der Waals surface area contributed by atoms with Gasteiger partial charge in [0.2, 0.25) is 0 Å². The maximum absolute atomic E-state index is 12.2. The van der Waals surface area contributed by atoms with E-state index in [1.165, 1.54) is 0 Å². The molecule has 0 fully saturated rings. The molecular weight excluding hydrogens is 376 g/mol. The van der Waals surface area contributed by atoms with Gasteiger partial charge in [-0.1, -0.05) is 60.7 Å². The first-order valence-corrected chi connectivity index (χ1v) is 9.16. The molecule has 0 atom stereocenters. The number of carbonyl (C=O) groups excluding carboxylic acids is 2. The Morgan fingerprint density at radius 1 is 0.862 bits per heavy atom. The van der Waals surface area contributed by atoms with E-state index in [1.807, 2.05) is 48.5 Å². The number of nitrogens with one attached hydrogen (secondary N) is 1. The average molecular weight is 400 g/mol. The van der Waals surface area contributed by atoms with E-state index in [2.05, 4.69) is 5.32 Å². The molecule has 2 aromatic rings. The van der Waals surface area contributed by atoms with Crippen LogP contribution in [0, 0.1) is 0 Å². The molecule has 2 rings (SSSR count). The van der Waals surface area contributed by atoms with Crippen molar-refractivity contribution in [2.75, 3.05) is 19.6 Å². The molecule has 29 heavy (non-hydrogen) atoms.